The van der Waals surface area contributed by atoms with Gasteiger partial charge in [-0.15, -0.1) is 0 Å². The summed E-state index contributed by atoms with van der Waals surface area (Å²) in [6, 6.07) is 9.08. The molecule has 8 heteroatoms. The SMILES string of the molecule is Cc1cc(N(C)CC(=O)Nc2c(Cl)cccc2Cl)c2ccc(F)c(F)c2n1. The molecule has 1 N–H and O–H groups in total. The van der Waals surface area contributed by atoms with Crippen LogP contribution in [0.3, 0.4) is 0 Å². The van der Waals surface area contributed by atoms with Crippen LogP contribution in [-0.2, 0) is 4.79 Å². The lowest BCUT2D eigenvalue weighted by molar-refractivity contribution is -0.114. The lowest BCUT2D eigenvalue weighted by Gasteiger charge is -2.21. The number of carbonyl (C=O) groups is 1. The van der Waals surface area contributed by atoms with E-state index in [0.29, 0.717) is 32.5 Å². The summed E-state index contributed by atoms with van der Waals surface area (Å²) in [5, 5.41) is 3.72. The van der Waals surface area contributed by atoms with Crippen LogP contribution in [0.1, 0.15) is 5.69 Å². The Kier molecular flexibility index (Phi) is 5.48. The van der Waals surface area contributed by atoms with Gasteiger partial charge in [0.1, 0.15) is 5.52 Å². The first kappa shape index (κ1) is 19.3. The number of fused-ring (bicyclic) bond motifs is 1. The number of aryl methyl sites for hydroxylation is 1. The minimum atomic E-state index is -1.02. The number of nitrogens with zero attached hydrogens (tertiary/aromatic N) is 2. The van der Waals surface area contributed by atoms with Gasteiger partial charge in [0, 0.05) is 23.8 Å². The molecule has 0 bridgehead atoms. The number of anilines is 2. The third kappa shape index (κ3) is 3.96. The van der Waals surface area contributed by atoms with Crippen LogP contribution in [0.2, 0.25) is 10.0 Å². The maximum Gasteiger partial charge on any atom is 0.243 e. The third-order valence-electron chi connectivity index (χ3n) is 4.00. The molecular formula is C19H15Cl2F2N3O. The van der Waals surface area contributed by atoms with Gasteiger partial charge in [-0.3, -0.25) is 4.79 Å². The lowest BCUT2D eigenvalue weighted by Crippen LogP contribution is -2.30. The molecule has 3 aromatic rings. The lowest BCUT2D eigenvalue weighted by atomic mass is 10.1. The average Bonchev–Trinajstić information content (AvgIpc) is 2.61. The fraction of sp³-hybridized carbons (Fsp3) is 0.158. The van der Waals surface area contributed by atoms with E-state index in [-0.39, 0.29) is 18.0 Å². The molecule has 3 rings (SSSR count). The van der Waals surface area contributed by atoms with Crippen molar-refractivity contribution in [3.05, 3.63) is 63.8 Å². The van der Waals surface area contributed by atoms with Crippen molar-refractivity contribution in [3.63, 3.8) is 0 Å². The molecule has 1 amide bonds. The third-order valence-corrected chi connectivity index (χ3v) is 4.63. The van der Waals surface area contributed by atoms with Crippen LogP contribution in [0.5, 0.6) is 0 Å². The molecule has 0 aliphatic carbocycles. The molecule has 0 atom stereocenters. The molecule has 0 saturated carbocycles. The molecule has 2 aromatic carbocycles. The minimum Gasteiger partial charge on any atom is -0.365 e. The van der Waals surface area contributed by atoms with Gasteiger partial charge in [0.25, 0.3) is 0 Å². The summed E-state index contributed by atoms with van der Waals surface area (Å²) >= 11 is 12.1. The monoisotopic (exact) mass is 409 g/mol. The van der Waals surface area contributed by atoms with Crippen LogP contribution in [0.15, 0.2) is 36.4 Å². The van der Waals surface area contributed by atoms with E-state index in [1.54, 1.807) is 43.1 Å². The number of nitrogens with one attached hydrogen (secondary N) is 1. The zero-order valence-corrected chi connectivity index (χ0v) is 16.0. The summed E-state index contributed by atoms with van der Waals surface area (Å²) in [6.45, 7) is 1.61. The van der Waals surface area contributed by atoms with E-state index in [4.69, 9.17) is 23.2 Å². The Balaban J connectivity index is 1.89. The quantitative estimate of drug-likeness (QED) is 0.643. The number of aromatic nitrogens is 1. The molecule has 1 aromatic heterocycles. The van der Waals surface area contributed by atoms with Gasteiger partial charge in [-0.2, -0.15) is 0 Å². The molecule has 0 aliphatic rings. The zero-order chi connectivity index (χ0) is 19.7. The van der Waals surface area contributed by atoms with E-state index in [1.165, 1.54) is 6.07 Å². The predicted molar refractivity (Wildman–Crippen MR) is 105 cm³/mol. The highest BCUT2D eigenvalue weighted by Gasteiger charge is 2.17. The van der Waals surface area contributed by atoms with E-state index in [9.17, 15) is 13.6 Å². The van der Waals surface area contributed by atoms with Gasteiger partial charge in [-0.05, 0) is 37.3 Å². The molecule has 1 heterocycles. The number of likely N-dealkylation sites (N-methyl/N-ethyl adjacent to an activating group) is 1. The van der Waals surface area contributed by atoms with Crippen molar-refractivity contribution in [1.29, 1.82) is 0 Å². The van der Waals surface area contributed by atoms with Crippen molar-refractivity contribution in [3.8, 4) is 0 Å². The first-order chi connectivity index (χ1) is 12.8. The number of amides is 1. The maximum atomic E-state index is 14.1. The summed E-state index contributed by atoms with van der Waals surface area (Å²) in [6.07, 6.45) is 0. The van der Waals surface area contributed by atoms with Crippen molar-refractivity contribution in [2.45, 2.75) is 6.92 Å². The molecule has 140 valence electrons. The number of hydrogen-bond donors (Lipinski definition) is 1. The highest BCUT2D eigenvalue weighted by Crippen LogP contribution is 2.31. The van der Waals surface area contributed by atoms with Crippen LogP contribution >= 0.6 is 23.2 Å². The second-order valence-corrected chi connectivity index (χ2v) is 6.86. The van der Waals surface area contributed by atoms with E-state index in [0.717, 1.165) is 6.07 Å². The smallest absolute Gasteiger partial charge is 0.243 e. The maximum absolute atomic E-state index is 14.1. The highest BCUT2D eigenvalue weighted by molar-refractivity contribution is 6.39. The number of benzene rings is 2. The Morgan fingerprint density at radius 3 is 2.52 bits per heavy atom. The highest BCUT2D eigenvalue weighted by atomic mass is 35.5. The van der Waals surface area contributed by atoms with Gasteiger partial charge in [0.2, 0.25) is 5.91 Å². The summed E-state index contributed by atoms with van der Waals surface area (Å²) in [4.78, 5) is 18.1. The van der Waals surface area contributed by atoms with Crippen molar-refractivity contribution in [2.24, 2.45) is 0 Å². The summed E-state index contributed by atoms with van der Waals surface area (Å²) < 4.78 is 27.6. The number of pyridine rings is 1. The molecule has 0 spiro atoms. The molecule has 0 unspecified atom stereocenters. The number of rotatable bonds is 4. The van der Waals surface area contributed by atoms with Crippen molar-refractivity contribution >= 4 is 51.4 Å². The zero-order valence-electron chi connectivity index (χ0n) is 14.5. The molecule has 0 fully saturated rings. The Bertz CT molecular complexity index is 1020. The van der Waals surface area contributed by atoms with Gasteiger partial charge in [-0.1, -0.05) is 29.3 Å². The molecule has 0 saturated heterocycles. The van der Waals surface area contributed by atoms with Crippen molar-refractivity contribution in [1.82, 2.24) is 4.98 Å². The van der Waals surface area contributed by atoms with Gasteiger partial charge in [-0.25, -0.2) is 13.8 Å². The van der Waals surface area contributed by atoms with Gasteiger partial charge in [0.05, 0.1) is 22.3 Å². The molecule has 0 aliphatic heterocycles. The summed E-state index contributed by atoms with van der Waals surface area (Å²) in [5.74, 6) is -2.35. The molecule has 27 heavy (non-hydrogen) atoms. The standard InChI is InChI=1S/C19H15Cl2F2N3O/c1-10-8-15(11-6-7-14(22)17(23)18(11)24-10)26(2)9-16(27)25-19-12(20)4-3-5-13(19)21/h3-8H,9H2,1-2H3,(H,25,27). The largest absolute Gasteiger partial charge is 0.365 e. The topological polar surface area (TPSA) is 45.2 Å². The molecule has 0 radical (unpaired) electrons. The summed E-state index contributed by atoms with van der Waals surface area (Å²) in [7, 11) is 1.67. The van der Waals surface area contributed by atoms with Crippen molar-refractivity contribution < 1.29 is 13.6 Å². The minimum absolute atomic E-state index is 0.0564. The van der Waals surface area contributed by atoms with Gasteiger partial charge < -0.3 is 10.2 Å². The number of halogens is 4. The Morgan fingerprint density at radius 2 is 1.85 bits per heavy atom. The first-order valence-electron chi connectivity index (χ1n) is 7.98. The van der Waals surface area contributed by atoms with Crippen LogP contribution < -0.4 is 10.2 Å². The number of para-hydroxylation sites is 1. The second kappa shape index (κ2) is 7.66. The second-order valence-electron chi connectivity index (χ2n) is 6.04. The van der Waals surface area contributed by atoms with Crippen molar-refractivity contribution in [2.75, 3.05) is 23.8 Å². The molecule has 4 nitrogen and oxygen atoms in total. The van der Waals surface area contributed by atoms with Crippen LogP contribution in [0.25, 0.3) is 10.9 Å². The average molecular weight is 410 g/mol. The first-order valence-corrected chi connectivity index (χ1v) is 8.74. The van der Waals surface area contributed by atoms with E-state index in [2.05, 4.69) is 10.3 Å². The Hall–Kier alpha value is -2.44. The fourth-order valence-electron chi connectivity index (χ4n) is 2.75. The van der Waals surface area contributed by atoms with E-state index >= 15 is 0 Å². The van der Waals surface area contributed by atoms with Crippen LogP contribution in [-0.4, -0.2) is 24.5 Å². The van der Waals surface area contributed by atoms with E-state index < -0.39 is 11.6 Å². The Morgan fingerprint density at radius 1 is 1.19 bits per heavy atom. The van der Waals surface area contributed by atoms with E-state index in [1.807, 2.05) is 0 Å². The number of carbonyl (C=O) groups excluding carboxylic acids is 1. The number of hydrogen-bond acceptors (Lipinski definition) is 3. The molecular weight excluding hydrogens is 395 g/mol. The normalized spacial score (nSPS) is 10.9. The summed E-state index contributed by atoms with van der Waals surface area (Å²) in [5.41, 5.74) is 1.30. The van der Waals surface area contributed by atoms with Crippen LogP contribution in [0.4, 0.5) is 20.2 Å². The Labute approximate surface area is 164 Å². The predicted octanol–water partition coefficient (Wildman–Crippen LogP) is 5.20. The van der Waals surface area contributed by atoms with Crippen LogP contribution in [0, 0.1) is 18.6 Å². The van der Waals surface area contributed by atoms with Gasteiger partial charge in [0.15, 0.2) is 11.6 Å². The van der Waals surface area contributed by atoms with Gasteiger partial charge >= 0.3 is 0 Å². The fourth-order valence-corrected chi connectivity index (χ4v) is 3.24.